The van der Waals surface area contributed by atoms with Gasteiger partial charge in [-0.25, -0.2) is 48.3 Å². The molecule has 78 nitrogen and oxygen atoms in total. The van der Waals surface area contributed by atoms with Crippen LogP contribution in [-0.4, -0.2) is 336 Å². The van der Waals surface area contributed by atoms with E-state index in [1.807, 2.05) is 0 Å². The third-order valence-corrected chi connectivity index (χ3v) is 23.5. The Bertz CT molecular complexity index is 6730. The Morgan fingerprint density at radius 2 is 0.901 bits per heavy atom. The summed E-state index contributed by atoms with van der Waals surface area (Å²) in [5.41, 5.74) is 13.8. The number of nitrogens with one attached hydrogen (secondary N) is 7. The summed E-state index contributed by atoms with van der Waals surface area (Å²) in [5, 5.41) is 104. The third-order valence-electron chi connectivity index (χ3n) is 17.4. The zero-order chi connectivity index (χ0) is 104. The quantitative estimate of drug-likeness (QED) is 0.0187. The van der Waals surface area contributed by atoms with Crippen LogP contribution in [0.25, 0.3) is 55.8 Å². The van der Waals surface area contributed by atoms with Crippen molar-refractivity contribution in [2.24, 2.45) is 0 Å². The van der Waals surface area contributed by atoms with Crippen molar-refractivity contribution in [3.63, 3.8) is 0 Å². The van der Waals surface area contributed by atoms with Crippen LogP contribution in [0.4, 0.5) is 17.8 Å². The standard InChI is InChI=1S/C10H16N5O15P3.C10H14N5O8P.C10H13N5O4.C10H13N4O8P.C5H4N4O.C5H13O14P3.Mg.Mn.H3NP2.H3O4P/c11-9-13-7-4(8(18)14-9)12-2-15(7)10(29-33(25,26)30-32(22,23)24)6(17)5(16)3(28-10)1-27-31(19,20)21;11-10-13-7-4(8(18)14-10)12-2-15(7)9-6(23-24(19,20)21)5(17)3(1-16)22-9;11-10-13-8-7(9(18)14-10)12-3-15(8)6-1-4(17)5(2-16)19-6;15-6-4(1-21-23(18,19)20)22-10(7(6)16)14-3-13-5-8(14)11-2-12-9(5)17;10-5-3-4(7-1-6-3)8-2-9-5;6-3-2(1-16-20(8,9)10)17-5(4(3)7)18-22(14,15)19-21(11,12)13;;;1-3-2;1-5(2,3)4/h2-3,5-6,16-17H,1H2,(H,25,26)(H2,19,20,21)(H2,22,23,24)(H3,11,13,14,18);2-3,5-6,9,16-17H,1H2,(H2,19,20,21)(H3,11,13,14,18);3-6,16-17H,1-2H2,(H3,11,13,14,18);2-4,6-7,10,15-16H,1H2,(H,11,12,17)(H2,18,19,20);1-2H,(H2,6,7,8,9,10);2-7H,1H2,(H,14,15)(H2,8,9,10)(H2,11,12,13);;;1H,2H2;(H3,1,2,3,4)/q;;;;;;2*+2;;/p-9/t3-,5?,6?,10+;3-,5?,6-,9+;4-,5+,6+;4-,6-,7-,10-;;2-,3-,4-,5-;;;;/m1101.1..../s1. The van der Waals surface area contributed by atoms with Crippen molar-refractivity contribution in [1.29, 1.82) is 5.16 Å². The van der Waals surface area contributed by atoms with Gasteiger partial charge in [-0.1, -0.05) is 8.93 Å². The van der Waals surface area contributed by atoms with Crippen molar-refractivity contribution in [2.45, 2.75) is 123 Å². The number of aromatic nitrogens is 20. The second-order valence-corrected chi connectivity index (χ2v) is 39.1. The van der Waals surface area contributed by atoms with Gasteiger partial charge in [0, 0.05) is 14.5 Å². The predicted octanol–water partition coefficient (Wildman–Crippen LogP) is -17.7. The molecule has 5 aliphatic rings. The topological polar surface area (TPSA) is 1280 Å². The maximum absolute atomic E-state index is 12.2. The number of aromatic amines is 6. The van der Waals surface area contributed by atoms with Crippen LogP contribution in [0.5, 0.6) is 0 Å². The number of fused-ring (bicyclic) bond motifs is 5. The largest absolute Gasteiger partial charge is 2.00 e. The first kappa shape index (κ1) is 123. The Morgan fingerprint density at radius 1 is 0.482 bits per heavy atom. The molecule has 0 aliphatic carbocycles. The summed E-state index contributed by atoms with van der Waals surface area (Å²) in [6.45, 7) is -3.82. The molecule has 5 fully saturated rings. The number of hydrogen-bond donors (Lipinski definition) is 28. The van der Waals surface area contributed by atoms with Crippen LogP contribution in [0.1, 0.15) is 25.1 Å². The number of phosphoric ester groups is 6. The first-order valence-electron chi connectivity index (χ1n) is 36.0. The first-order valence-corrected chi connectivity index (χ1v) is 52.0. The SMILES string of the molecule is N=PP.Nc1nc2c(ncn2[C@H]2C[C@H](O)[C@@H](CO)O2)c(=O)[nH]1.Nc1nc2c(ncn2[C@H]2O[C@H](CO)C(O)[C@H]2OP(=O)([O-])O)c(=O)[nH]1.Nc1nc2c(ncn2[C@]2(OP(=O)(O)OP(=O)([O-])O)O[C@H](COP(=O)([O-])O)C(O)C2O)c(=O)[nH]1.O=P([O-])(O)O.O=P([O-])([O-])OP(=O)([O-])O[C@H]1O[C@H](COP(=O)([O-])O)[C@@H](O)[C@H]1O.O=c1[nH]cnc2c1ncn2[C@@H]1O[C@H](COP(=O)([O-])O)[C@@H](O)[C@H]1O.O=c1[nH]cnc2nc[nH]c12.[Mg+2].[Mn+2]. The molecule has 1 radical (unpaired) electrons. The van der Waals surface area contributed by atoms with Crippen LogP contribution in [0.15, 0.2) is 68.3 Å². The van der Waals surface area contributed by atoms with Crippen molar-refractivity contribution >= 4 is 184 Å². The molecule has 10 aromatic heterocycles. The number of H-pyrrole nitrogens is 6. The monoisotopic (exact) mass is 2290 g/mol. The fraction of sp³-hybridized carbons (Fsp3) is 0.500. The van der Waals surface area contributed by atoms with E-state index in [2.05, 4.69) is 129 Å². The molecule has 783 valence electrons. The van der Waals surface area contributed by atoms with E-state index in [0.717, 1.165) is 17.2 Å². The first-order chi connectivity index (χ1) is 64.0. The predicted molar refractivity (Wildman–Crippen MR) is 429 cm³/mol. The fourth-order valence-electron chi connectivity index (χ4n) is 12.0. The minimum atomic E-state index is -5.97. The maximum Gasteiger partial charge on any atom is 2.00 e. The molecule has 11 unspecified atom stereocenters. The van der Waals surface area contributed by atoms with Gasteiger partial charge in [-0.2, -0.15) is 15.0 Å². The average Bonchev–Trinajstić information content (AvgIpc) is 1.57. The normalized spacial score (nSPS) is 27.8. The molecule has 10 aromatic rings. The van der Waals surface area contributed by atoms with Crippen molar-refractivity contribution in [3.05, 3.63) is 96.1 Å². The molecule has 141 heavy (non-hydrogen) atoms. The number of nitrogens with two attached hydrogens (primary N) is 3. The number of nitrogens with zero attached hydrogens (tertiary/aromatic N) is 14. The molecule has 5 saturated heterocycles. The summed E-state index contributed by atoms with van der Waals surface area (Å²) in [4.78, 5) is 272. The Balaban J connectivity index is 0.000000259. The second-order valence-electron chi connectivity index (χ2n) is 27.0. The Kier molecular flexibility index (Phi) is 43.6. The van der Waals surface area contributed by atoms with Crippen LogP contribution < -0.4 is 89.0 Å². The van der Waals surface area contributed by atoms with Crippen LogP contribution in [0, 0.1) is 5.16 Å². The van der Waals surface area contributed by atoms with E-state index in [4.69, 9.17) is 90.1 Å². The van der Waals surface area contributed by atoms with E-state index in [-0.39, 0.29) is 104 Å². The number of hydrogen-bond acceptors (Lipinski definition) is 60. The number of aliphatic hydroxyl groups excluding tert-OH is 10. The fourth-order valence-corrected chi connectivity index (χ4v) is 16.9. The van der Waals surface area contributed by atoms with Crippen molar-refractivity contribution in [2.75, 3.05) is 50.2 Å². The number of phosphoric acid groups is 9. The maximum atomic E-state index is 12.2. The molecule has 5 aliphatic heterocycles. The smallest absolute Gasteiger partial charge is 0.790 e. The zero-order valence-electron chi connectivity index (χ0n) is 68.6. The van der Waals surface area contributed by atoms with Crippen LogP contribution in [0.2, 0.25) is 0 Å². The van der Waals surface area contributed by atoms with Gasteiger partial charge in [0.25, 0.3) is 88.5 Å². The summed E-state index contributed by atoms with van der Waals surface area (Å²) >= 11 is 0. The van der Waals surface area contributed by atoms with E-state index in [9.17, 15) is 150 Å². The summed E-state index contributed by atoms with van der Waals surface area (Å²) in [6.07, 6.45) is -19.0. The molecule has 15 heterocycles. The van der Waals surface area contributed by atoms with Gasteiger partial charge in [-0.05, 0) is 0 Å². The van der Waals surface area contributed by atoms with E-state index in [1.54, 1.807) is 0 Å². The Morgan fingerprint density at radius 3 is 1.37 bits per heavy atom. The van der Waals surface area contributed by atoms with Crippen molar-refractivity contribution < 1.29 is 252 Å². The molecule has 31 N–H and O–H groups in total. The molecule has 91 heteroatoms. The zero-order valence-corrected chi connectivity index (χ0v) is 81.2. The molecule has 0 amide bonds. The number of imidazole rings is 5. The summed E-state index contributed by atoms with van der Waals surface area (Å²) < 4.78 is 158. The van der Waals surface area contributed by atoms with E-state index < -0.39 is 253 Å². The molecule has 0 saturated carbocycles. The van der Waals surface area contributed by atoms with Crippen molar-refractivity contribution in [3.8, 4) is 0 Å². The number of aliphatic hydroxyl groups is 10. The second kappa shape index (κ2) is 50.0. The molecule has 27 atom stereocenters. The van der Waals surface area contributed by atoms with E-state index >= 15 is 0 Å². The molecule has 0 aromatic carbocycles. The minimum Gasteiger partial charge on any atom is -0.790 e. The van der Waals surface area contributed by atoms with Gasteiger partial charge in [0.05, 0.1) is 84.9 Å². The van der Waals surface area contributed by atoms with Crippen molar-refractivity contribution in [1.82, 2.24) is 98.0 Å². The van der Waals surface area contributed by atoms with Gasteiger partial charge in [-0.15, -0.1) is 0 Å². The van der Waals surface area contributed by atoms with Gasteiger partial charge in [0.2, 0.25) is 17.8 Å². The number of nitrogen functional groups attached to an aromatic ring is 3. The van der Waals surface area contributed by atoms with Gasteiger partial charge >= 0.3 is 47.9 Å². The summed E-state index contributed by atoms with van der Waals surface area (Å²) in [6, 6.07) is 0. The number of anilines is 3. The van der Waals surface area contributed by atoms with Gasteiger partial charge in [0.15, 0.2) is 80.7 Å². The molecule has 0 spiro atoms. The summed E-state index contributed by atoms with van der Waals surface area (Å²) in [7, 11) is -46.5. The van der Waals surface area contributed by atoms with Crippen LogP contribution in [-0.2, 0) is 124 Å². The number of ether oxygens (including phenoxy) is 5. The third kappa shape index (κ3) is 34.5. The Labute approximate surface area is 804 Å². The number of rotatable bonds is 25. The average molecular weight is 2290 g/mol. The molecular formula is C50H70MgMnN24O54P11-5. The summed E-state index contributed by atoms with van der Waals surface area (Å²) in [5.74, 6) is -3.98. The van der Waals surface area contributed by atoms with E-state index in [0.29, 0.717) is 30.1 Å². The minimum absolute atomic E-state index is 0. The van der Waals surface area contributed by atoms with Crippen LogP contribution in [0.3, 0.4) is 0 Å². The van der Waals surface area contributed by atoms with Gasteiger partial charge in [-0.3, -0.25) is 103 Å². The molecule has 15 rings (SSSR count). The Hall–Kier alpha value is -6.56. The van der Waals surface area contributed by atoms with Gasteiger partial charge in [0.1, 0.15) is 85.8 Å². The molecule has 0 bridgehead atoms. The molecular weight excluding hydrogens is 2220 g/mol. The van der Waals surface area contributed by atoms with Crippen LogP contribution >= 0.6 is 87.4 Å². The van der Waals surface area contributed by atoms with E-state index in [1.165, 1.54) is 34.4 Å². The van der Waals surface area contributed by atoms with Gasteiger partial charge < -0.3 is 213 Å².